The average Bonchev–Trinajstić information content (AvgIpc) is 2.63. The van der Waals surface area contributed by atoms with Gasteiger partial charge in [0.15, 0.2) is 6.10 Å². The van der Waals surface area contributed by atoms with E-state index in [-0.39, 0.29) is 6.04 Å². The summed E-state index contributed by atoms with van der Waals surface area (Å²) in [5, 5.41) is 15.9. The standard InChI is InChI=1S/C8H13F3N4O/c1-2-5(12)6-3-15(14-13-6)4-7(16)8(9,10)11/h3,5,7,16H,2,4,12H2,1H3. The number of halogens is 3. The van der Waals surface area contributed by atoms with Crippen LogP contribution < -0.4 is 5.73 Å². The average molecular weight is 238 g/mol. The van der Waals surface area contributed by atoms with E-state index in [1.165, 1.54) is 6.20 Å². The molecule has 5 nitrogen and oxygen atoms in total. The van der Waals surface area contributed by atoms with E-state index in [9.17, 15) is 13.2 Å². The Hall–Kier alpha value is -1.15. The molecular weight excluding hydrogens is 225 g/mol. The van der Waals surface area contributed by atoms with E-state index in [0.29, 0.717) is 12.1 Å². The summed E-state index contributed by atoms with van der Waals surface area (Å²) in [6.45, 7) is 1.15. The second-order valence-electron chi connectivity index (χ2n) is 3.44. The van der Waals surface area contributed by atoms with Crippen LogP contribution in [0.15, 0.2) is 6.20 Å². The molecule has 0 amide bonds. The normalized spacial score (nSPS) is 16.1. The minimum absolute atomic E-state index is 0.350. The lowest BCUT2D eigenvalue weighted by molar-refractivity contribution is -0.208. The van der Waals surface area contributed by atoms with Crippen molar-refractivity contribution in [3.8, 4) is 0 Å². The molecule has 16 heavy (non-hydrogen) atoms. The van der Waals surface area contributed by atoms with Gasteiger partial charge in [-0.05, 0) is 6.42 Å². The largest absolute Gasteiger partial charge is 0.416 e. The molecule has 0 saturated heterocycles. The van der Waals surface area contributed by atoms with Crippen molar-refractivity contribution >= 4 is 0 Å². The summed E-state index contributed by atoms with van der Waals surface area (Å²) in [5.41, 5.74) is 6.04. The van der Waals surface area contributed by atoms with Gasteiger partial charge < -0.3 is 10.8 Å². The zero-order valence-electron chi connectivity index (χ0n) is 8.65. The maximum atomic E-state index is 12.0. The summed E-state index contributed by atoms with van der Waals surface area (Å²) in [5.74, 6) is 0. The number of nitrogens with two attached hydrogens (primary N) is 1. The van der Waals surface area contributed by atoms with E-state index in [0.717, 1.165) is 4.68 Å². The zero-order valence-corrected chi connectivity index (χ0v) is 8.65. The Labute approximate surface area is 90.0 Å². The number of alkyl halides is 3. The summed E-state index contributed by atoms with van der Waals surface area (Å²) in [4.78, 5) is 0. The molecule has 0 aromatic carbocycles. The highest BCUT2D eigenvalue weighted by molar-refractivity contribution is 4.99. The molecule has 0 spiro atoms. The van der Waals surface area contributed by atoms with Gasteiger partial charge in [0.25, 0.3) is 0 Å². The molecule has 8 heteroatoms. The van der Waals surface area contributed by atoms with Crippen molar-refractivity contribution in [2.45, 2.75) is 38.2 Å². The number of hydrogen-bond donors (Lipinski definition) is 2. The van der Waals surface area contributed by atoms with Crippen LogP contribution in [0, 0.1) is 0 Å². The summed E-state index contributed by atoms with van der Waals surface area (Å²) < 4.78 is 37.0. The van der Waals surface area contributed by atoms with Gasteiger partial charge in [-0.1, -0.05) is 12.1 Å². The van der Waals surface area contributed by atoms with E-state index in [1.54, 1.807) is 0 Å². The fourth-order valence-electron chi connectivity index (χ4n) is 1.06. The van der Waals surface area contributed by atoms with Gasteiger partial charge in [0.05, 0.1) is 24.5 Å². The van der Waals surface area contributed by atoms with Gasteiger partial charge in [-0.15, -0.1) is 5.10 Å². The van der Waals surface area contributed by atoms with Crippen molar-refractivity contribution in [3.63, 3.8) is 0 Å². The van der Waals surface area contributed by atoms with Crippen LogP contribution in [0.4, 0.5) is 13.2 Å². The van der Waals surface area contributed by atoms with Crippen molar-refractivity contribution in [1.82, 2.24) is 15.0 Å². The number of nitrogens with zero attached hydrogens (tertiary/aromatic N) is 3. The quantitative estimate of drug-likeness (QED) is 0.805. The molecule has 1 heterocycles. The highest BCUT2D eigenvalue weighted by Crippen LogP contribution is 2.21. The van der Waals surface area contributed by atoms with Crippen molar-refractivity contribution in [2.24, 2.45) is 5.73 Å². The topological polar surface area (TPSA) is 77.0 Å². The number of aliphatic hydroxyl groups is 1. The van der Waals surface area contributed by atoms with E-state index in [4.69, 9.17) is 10.8 Å². The molecule has 0 fully saturated rings. The Balaban J connectivity index is 2.66. The molecule has 1 aromatic rings. The van der Waals surface area contributed by atoms with Crippen molar-refractivity contribution in [3.05, 3.63) is 11.9 Å². The third-order valence-corrected chi connectivity index (χ3v) is 2.11. The predicted molar refractivity (Wildman–Crippen MR) is 49.3 cm³/mol. The first-order valence-electron chi connectivity index (χ1n) is 4.75. The third kappa shape index (κ3) is 3.17. The summed E-state index contributed by atoms with van der Waals surface area (Å²) in [6, 6.07) is -0.350. The first kappa shape index (κ1) is 12.9. The number of aromatic nitrogens is 3. The lowest BCUT2D eigenvalue weighted by Gasteiger charge is -2.13. The monoisotopic (exact) mass is 238 g/mol. The Morgan fingerprint density at radius 1 is 1.56 bits per heavy atom. The van der Waals surface area contributed by atoms with Gasteiger partial charge in [-0.3, -0.25) is 0 Å². The predicted octanol–water partition coefficient (Wildman–Crippen LogP) is 0.611. The van der Waals surface area contributed by atoms with Crippen LogP contribution in [0.2, 0.25) is 0 Å². The van der Waals surface area contributed by atoms with Crippen LogP contribution in [0.5, 0.6) is 0 Å². The number of hydrogen-bond acceptors (Lipinski definition) is 4. The Morgan fingerprint density at radius 3 is 2.69 bits per heavy atom. The van der Waals surface area contributed by atoms with Gasteiger partial charge in [0.1, 0.15) is 0 Å². The smallest absolute Gasteiger partial charge is 0.382 e. The lowest BCUT2D eigenvalue weighted by atomic mass is 10.2. The highest BCUT2D eigenvalue weighted by Gasteiger charge is 2.38. The summed E-state index contributed by atoms with van der Waals surface area (Å²) in [7, 11) is 0. The van der Waals surface area contributed by atoms with Crippen LogP contribution >= 0.6 is 0 Å². The van der Waals surface area contributed by atoms with Gasteiger partial charge in [0.2, 0.25) is 0 Å². The van der Waals surface area contributed by atoms with Gasteiger partial charge in [-0.2, -0.15) is 13.2 Å². The highest BCUT2D eigenvalue weighted by atomic mass is 19.4. The van der Waals surface area contributed by atoms with Crippen LogP contribution in [0.3, 0.4) is 0 Å². The fraction of sp³-hybridized carbons (Fsp3) is 0.750. The van der Waals surface area contributed by atoms with Crippen LogP contribution in [0.25, 0.3) is 0 Å². The lowest BCUT2D eigenvalue weighted by Crippen LogP contribution is -2.33. The molecule has 0 radical (unpaired) electrons. The molecule has 0 aliphatic carbocycles. The van der Waals surface area contributed by atoms with Gasteiger partial charge in [-0.25, -0.2) is 4.68 Å². The fourth-order valence-corrected chi connectivity index (χ4v) is 1.06. The van der Waals surface area contributed by atoms with Crippen molar-refractivity contribution < 1.29 is 18.3 Å². The SMILES string of the molecule is CCC(N)c1cn(CC(O)C(F)(F)F)nn1. The molecular formula is C8H13F3N4O. The van der Waals surface area contributed by atoms with E-state index in [1.807, 2.05) is 6.92 Å². The number of rotatable bonds is 4. The summed E-state index contributed by atoms with van der Waals surface area (Å²) in [6.07, 6.45) is -5.18. The third-order valence-electron chi connectivity index (χ3n) is 2.11. The first-order chi connectivity index (χ1) is 7.34. The molecule has 0 aliphatic rings. The molecule has 0 bridgehead atoms. The molecule has 92 valence electrons. The van der Waals surface area contributed by atoms with Gasteiger partial charge in [0, 0.05) is 0 Å². The first-order valence-corrected chi connectivity index (χ1v) is 4.75. The maximum Gasteiger partial charge on any atom is 0.416 e. The minimum Gasteiger partial charge on any atom is -0.382 e. The Morgan fingerprint density at radius 2 is 2.19 bits per heavy atom. The van der Waals surface area contributed by atoms with Crippen LogP contribution in [0.1, 0.15) is 25.1 Å². The maximum absolute atomic E-state index is 12.0. The molecule has 2 unspecified atom stereocenters. The van der Waals surface area contributed by atoms with E-state index >= 15 is 0 Å². The zero-order chi connectivity index (χ0) is 12.3. The Kier molecular flexibility index (Phi) is 3.87. The van der Waals surface area contributed by atoms with Crippen molar-refractivity contribution in [1.29, 1.82) is 0 Å². The van der Waals surface area contributed by atoms with E-state index < -0.39 is 18.8 Å². The van der Waals surface area contributed by atoms with Crippen LogP contribution in [-0.4, -0.2) is 32.4 Å². The van der Waals surface area contributed by atoms with E-state index in [2.05, 4.69) is 10.3 Å². The molecule has 3 N–H and O–H groups in total. The van der Waals surface area contributed by atoms with Crippen LogP contribution in [-0.2, 0) is 6.54 Å². The molecule has 1 rings (SSSR count). The molecule has 0 saturated carbocycles. The second-order valence-corrected chi connectivity index (χ2v) is 3.44. The summed E-state index contributed by atoms with van der Waals surface area (Å²) >= 11 is 0. The molecule has 2 atom stereocenters. The Bertz CT molecular complexity index is 338. The molecule has 0 aliphatic heterocycles. The minimum atomic E-state index is -4.65. The van der Waals surface area contributed by atoms with Gasteiger partial charge >= 0.3 is 6.18 Å². The number of aliphatic hydroxyl groups excluding tert-OH is 1. The van der Waals surface area contributed by atoms with Crippen molar-refractivity contribution in [2.75, 3.05) is 0 Å². The molecule has 1 aromatic heterocycles. The second kappa shape index (κ2) is 4.79.